The minimum atomic E-state index is -3.82. The van der Waals surface area contributed by atoms with E-state index in [1.54, 1.807) is 12.1 Å². The number of sulfonamides is 1. The average Bonchev–Trinajstić information content (AvgIpc) is 2.90. The van der Waals surface area contributed by atoms with Crippen LogP contribution in [0, 0.1) is 0 Å². The van der Waals surface area contributed by atoms with Crippen molar-refractivity contribution in [3.8, 4) is 0 Å². The number of imide groups is 1. The molecule has 138 valence electrons. The van der Waals surface area contributed by atoms with Crippen molar-refractivity contribution in [1.29, 1.82) is 0 Å². The number of carbonyl (C=O) groups is 2. The van der Waals surface area contributed by atoms with Crippen molar-refractivity contribution in [3.63, 3.8) is 0 Å². The van der Waals surface area contributed by atoms with Crippen molar-refractivity contribution in [3.05, 3.63) is 71.4 Å². The highest BCUT2D eigenvalue weighted by Crippen LogP contribution is 2.15. The quantitative estimate of drug-likeness (QED) is 0.353. The molecule has 1 aliphatic heterocycles. The molecule has 0 unspecified atom stereocenters. The van der Waals surface area contributed by atoms with Crippen LogP contribution in [0.15, 0.2) is 70.3 Å². The maximum Gasteiger partial charge on any atom is 0.328 e. The van der Waals surface area contributed by atoms with Gasteiger partial charge in [-0.3, -0.25) is 9.69 Å². The smallest absolute Gasteiger partial charge is 0.303 e. The van der Waals surface area contributed by atoms with E-state index in [0.717, 1.165) is 10.5 Å². The Morgan fingerprint density at radius 2 is 1.67 bits per heavy atom. The Hall–Kier alpha value is -3.46. The van der Waals surface area contributed by atoms with Crippen molar-refractivity contribution in [2.45, 2.75) is 4.90 Å². The maximum atomic E-state index is 12.3. The van der Waals surface area contributed by atoms with E-state index in [-0.39, 0.29) is 10.6 Å². The van der Waals surface area contributed by atoms with E-state index in [1.165, 1.54) is 43.6 Å². The van der Waals surface area contributed by atoms with Gasteiger partial charge in [-0.25, -0.2) is 9.63 Å². The molecule has 1 aliphatic rings. The number of likely N-dealkylation sites (N-methyl/N-ethyl adjacent to an activating group) is 1. The Morgan fingerprint density at radius 1 is 1.00 bits per heavy atom. The van der Waals surface area contributed by atoms with Gasteiger partial charge in [0.1, 0.15) is 5.70 Å². The second kappa shape index (κ2) is 7.42. The first kappa shape index (κ1) is 18.3. The number of hydrogen-bond acceptors (Lipinski definition) is 5. The summed E-state index contributed by atoms with van der Waals surface area (Å²) in [5.41, 5.74) is 1.46. The molecule has 0 spiro atoms. The number of urea groups is 1. The normalized spacial score (nSPS) is 16.2. The lowest BCUT2D eigenvalue weighted by Crippen LogP contribution is -2.25. The molecular formula is C18H16N4O4S. The van der Waals surface area contributed by atoms with Gasteiger partial charge in [0.15, 0.2) is 0 Å². The Morgan fingerprint density at radius 3 is 2.26 bits per heavy atom. The highest BCUT2D eigenvalue weighted by Gasteiger charge is 2.29. The molecule has 3 rings (SSSR count). The molecule has 3 amide bonds. The first-order chi connectivity index (χ1) is 12.9. The van der Waals surface area contributed by atoms with Gasteiger partial charge in [-0.15, -0.1) is 0 Å². The lowest BCUT2D eigenvalue weighted by Gasteiger charge is -2.04. The Kier molecular flexibility index (Phi) is 5.04. The lowest BCUT2D eigenvalue weighted by molar-refractivity contribution is -0.121. The molecular weight excluding hydrogens is 368 g/mol. The van der Waals surface area contributed by atoms with E-state index in [9.17, 15) is 18.0 Å². The van der Waals surface area contributed by atoms with Crippen molar-refractivity contribution in [1.82, 2.24) is 15.0 Å². The fourth-order valence-corrected chi connectivity index (χ4v) is 3.09. The number of hydrogen-bond donors (Lipinski definition) is 2. The second-order valence-electron chi connectivity index (χ2n) is 5.68. The third-order valence-corrected chi connectivity index (χ3v) is 5.01. The Balaban J connectivity index is 1.72. The number of carbonyl (C=O) groups excluding carboxylic acids is 2. The molecule has 0 aromatic heterocycles. The zero-order valence-corrected chi connectivity index (χ0v) is 15.1. The van der Waals surface area contributed by atoms with Crippen LogP contribution in [0.25, 0.3) is 6.08 Å². The van der Waals surface area contributed by atoms with Crippen LogP contribution < -0.4 is 10.1 Å². The highest BCUT2D eigenvalue weighted by atomic mass is 32.2. The third-order valence-electron chi connectivity index (χ3n) is 3.77. The molecule has 0 aliphatic carbocycles. The van der Waals surface area contributed by atoms with Gasteiger partial charge in [0.25, 0.3) is 15.9 Å². The highest BCUT2D eigenvalue weighted by molar-refractivity contribution is 7.89. The zero-order valence-electron chi connectivity index (χ0n) is 14.3. The number of nitrogens with one attached hydrogen (secondary N) is 2. The molecule has 1 heterocycles. The summed E-state index contributed by atoms with van der Waals surface area (Å²) in [6.45, 7) is 0. The Labute approximate surface area is 156 Å². The SMILES string of the molecule is CN1C(=O)N/C(=C\c2ccc(S(=O)(=O)N/N=C/c3ccccc3)cc2)C1=O. The van der Waals surface area contributed by atoms with Gasteiger partial charge in [-0.2, -0.15) is 13.5 Å². The molecule has 2 N–H and O–H groups in total. The van der Waals surface area contributed by atoms with Crippen molar-refractivity contribution in [2.24, 2.45) is 5.10 Å². The van der Waals surface area contributed by atoms with E-state index < -0.39 is 22.0 Å². The van der Waals surface area contributed by atoms with Gasteiger partial charge in [0.05, 0.1) is 11.1 Å². The van der Waals surface area contributed by atoms with Crippen LogP contribution in [-0.4, -0.2) is 38.5 Å². The van der Waals surface area contributed by atoms with Crippen LogP contribution in [0.4, 0.5) is 4.79 Å². The van der Waals surface area contributed by atoms with Crippen LogP contribution in [-0.2, 0) is 14.8 Å². The van der Waals surface area contributed by atoms with E-state index in [0.29, 0.717) is 5.56 Å². The largest absolute Gasteiger partial charge is 0.328 e. The molecule has 1 fully saturated rings. The van der Waals surface area contributed by atoms with Gasteiger partial charge in [0, 0.05) is 7.05 Å². The number of nitrogens with zero attached hydrogens (tertiary/aromatic N) is 2. The Bertz CT molecular complexity index is 1030. The van der Waals surface area contributed by atoms with Gasteiger partial charge in [-0.05, 0) is 29.3 Å². The standard InChI is InChI=1S/C18H16N4O4S/c1-22-17(23)16(20-18(22)24)11-13-7-9-15(10-8-13)27(25,26)21-19-12-14-5-3-2-4-6-14/h2-12,21H,1H3,(H,20,24)/b16-11-,19-12+. The van der Waals surface area contributed by atoms with Crippen LogP contribution in [0.5, 0.6) is 0 Å². The summed E-state index contributed by atoms with van der Waals surface area (Å²) in [4.78, 5) is 26.4. The summed E-state index contributed by atoms with van der Waals surface area (Å²) in [5, 5.41) is 6.19. The summed E-state index contributed by atoms with van der Waals surface area (Å²) in [6.07, 6.45) is 2.88. The number of benzene rings is 2. The first-order valence-electron chi connectivity index (χ1n) is 7.87. The van der Waals surface area contributed by atoms with Gasteiger partial charge >= 0.3 is 6.03 Å². The van der Waals surface area contributed by atoms with Crippen molar-refractivity contribution < 1.29 is 18.0 Å². The lowest BCUT2D eigenvalue weighted by atomic mass is 10.2. The maximum absolute atomic E-state index is 12.3. The summed E-state index contributed by atoms with van der Waals surface area (Å²) in [7, 11) is -2.45. The summed E-state index contributed by atoms with van der Waals surface area (Å²) in [6, 6.07) is 14.4. The van der Waals surface area contributed by atoms with Crippen molar-refractivity contribution in [2.75, 3.05) is 7.05 Å². The third kappa shape index (κ3) is 4.21. The summed E-state index contributed by atoms with van der Waals surface area (Å²) < 4.78 is 24.5. The van der Waals surface area contributed by atoms with Crippen LogP contribution >= 0.6 is 0 Å². The average molecular weight is 384 g/mol. The molecule has 1 saturated heterocycles. The number of hydrazone groups is 1. The predicted octanol–water partition coefficient (Wildman–Crippen LogP) is 1.52. The minimum absolute atomic E-state index is 0.0220. The fraction of sp³-hybridized carbons (Fsp3) is 0.0556. The zero-order chi connectivity index (χ0) is 19.4. The molecule has 9 heteroatoms. The fourth-order valence-electron chi connectivity index (χ4n) is 2.30. The van der Waals surface area contributed by atoms with Crippen LogP contribution in [0.3, 0.4) is 0 Å². The van der Waals surface area contributed by atoms with E-state index >= 15 is 0 Å². The van der Waals surface area contributed by atoms with Crippen LogP contribution in [0.2, 0.25) is 0 Å². The summed E-state index contributed by atoms with van der Waals surface area (Å²) in [5.74, 6) is -0.450. The van der Waals surface area contributed by atoms with Crippen molar-refractivity contribution >= 4 is 34.3 Å². The predicted molar refractivity (Wildman–Crippen MR) is 100 cm³/mol. The number of rotatable bonds is 5. The molecule has 2 aromatic rings. The van der Waals surface area contributed by atoms with Gasteiger partial charge < -0.3 is 5.32 Å². The van der Waals surface area contributed by atoms with Gasteiger partial charge in [-0.1, -0.05) is 42.5 Å². The van der Waals surface area contributed by atoms with Gasteiger partial charge in [0.2, 0.25) is 0 Å². The topological polar surface area (TPSA) is 108 Å². The molecule has 0 saturated carbocycles. The molecule has 8 nitrogen and oxygen atoms in total. The van der Waals surface area contributed by atoms with E-state index in [2.05, 4.69) is 15.2 Å². The number of amides is 3. The molecule has 27 heavy (non-hydrogen) atoms. The van der Waals surface area contributed by atoms with Crippen LogP contribution in [0.1, 0.15) is 11.1 Å². The molecule has 2 aromatic carbocycles. The molecule has 0 bridgehead atoms. The second-order valence-corrected chi connectivity index (χ2v) is 7.35. The van der Waals surface area contributed by atoms with E-state index in [4.69, 9.17) is 0 Å². The molecule has 0 atom stereocenters. The van der Waals surface area contributed by atoms with E-state index in [1.807, 2.05) is 18.2 Å². The minimum Gasteiger partial charge on any atom is -0.303 e. The monoisotopic (exact) mass is 384 g/mol. The first-order valence-corrected chi connectivity index (χ1v) is 9.36. The molecule has 0 radical (unpaired) electrons. The summed E-state index contributed by atoms with van der Waals surface area (Å²) >= 11 is 0.